The van der Waals surface area contributed by atoms with Crippen molar-refractivity contribution in [3.63, 3.8) is 0 Å². The number of aryl methyl sites for hydroxylation is 1. The minimum Gasteiger partial charge on any atom is -0.481 e. The van der Waals surface area contributed by atoms with Crippen molar-refractivity contribution >= 4 is 5.91 Å². The fourth-order valence-corrected chi connectivity index (χ4v) is 4.08. The maximum atomic E-state index is 12.8. The lowest BCUT2D eigenvalue weighted by Crippen LogP contribution is -2.53. The molecule has 3 rings (SSSR count). The van der Waals surface area contributed by atoms with Gasteiger partial charge in [0.05, 0.1) is 0 Å². The number of likely N-dealkylation sites (tertiary alicyclic amines) is 1. The zero-order chi connectivity index (χ0) is 15.5. The lowest BCUT2D eigenvalue weighted by atomic mass is 9.78. The molecule has 3 unspecified atom stereocenters. The van der Waals surface area contributed by atoms with Gasteiger partial charge in [-0.3, -0.25) is 4.79 Å². The van der Waals surface area contributed by atoms with Crippen LogP contribution in [-0.4, -0.2) is 29.5 Å². The summed E-state index contributed by atoms with van der Waals surface area (Å²) in [7, 11) is 0. The van der Waals surface area contributed by atoms with Crippen molar-refractivity contribution in [3.05, 3.63) is 29.8 Å². The third-order valence-corrected chi connectivity index (χ3v) is 5.18. The fraction of sp³-hybridized carbons (Fsp3) is 0.632. The predicted octanol–water partition coefficient (Wildman–Crippen LogP) is 3.94. The van der Waals surface area contributed by atoms with Crippen molar-refractivity contribution < 1.29 is 9.53 Å². The highest BCUT2D eigenvalue weighted by molar-refractivity contribution is 5.81. The highest BCUT2D eigenvalue weighted by atomic mass is 16.5. The van der Waals surface area contributed by atoms with Gasteiger partial charge in [0.1, 0.15) is 5.75 Å². The lowest BCUT2D eigenvalue weighted by Gasteiger charge is -2.44. The minimum absolute atomic E-state index is 0.165. The number of nitrogens with zero attached hydrogens (tertiary/aromatic N) is 1. The highest BCUT2D eigenvalue weighted by Gasteiger charge is 2.37. The average Bonchev–Trinajstić information content (AvgIpc) is 2.53. The van der Waals surface area contributed by atoms with Crippen molar-refractivity contribution in [1.82, 2.24) is 4.90 Å². The number of fused-ring (bicyclic) bond motifs is 1. The van der Waals surface area contributed by atoms with Crippen LogP contribution < -0.4 is 4.74 Å². The molecular weight excluding hydrogens is 274 g/mol. The summed E-state index contributed by atoms with van der Waals surface area (Å²) in [5.74, 6) is 1.67. The minimum atomic E-state index is -0.400. The molecule has 1 aromatic carbocycles. The van der Waals surface area contributed by atoms with Gasteiger partial charge in [-0.15, -0.1) is 0 Å². The molecule has 2 aliphatic rings. The molecule has 0 radical (unpaired) electrons. The van der Waals surface area contributed by atoms with Crippen LogP contribution in [0.3, 0.4) is 0 Å². The van der Waals surface area contributed by atoms with Crippen LogP contribution >= 0.6 is 0 Å². The van der Waals surface area contributed by atoms with Gasteiger partial charge >= 0.3 is 0 Å². The molecule has 0 aromatic heterocycles. The Bertz CT molecular complexity index is 526. The van der Waals surface area contributed by atoms with E-state index in [4.69, 9.17) is 4.74 Å². The Morgan fingerprint density at radius 3 is 2.82 bits per heavy atom. The first kappa shape index (κ1) is 15.4. The number of amides is 1. The van der Waals surface area contributed by atoms with Gasteiger partial charge in [0.15, 0.2) is 6.10 Å². The fourth-order valence-electron chi connectivity index (χ4n) is 4.08. The van der Waals surface area contributed by atoms with Gasteiger partial charge in [-0.2, -0.15) is 0 Å². The van der Waals surface area contributed by atoms with Crippen molar-refractivity contribution in [1.29, 1.82) is 0 Å². The molecule has 120 valence electrons. The average molecular weight is 301 g/mol. The van der Waals surface area contributed by atoms with Gasteiger partial charge in [0.25, 0.3) is 5.91 Å². The van der Waals surface area contributed by atoms with Crippen molar-refractivity contribution in [2.45, 2.75) is 64.5 Å². The summed E-state index contributed by atoms with van der Waals surface area (Å²) in [6.07, 6.45) is 7.10. The van der Waals surface area contributed by atoms with Gasteiger partial charge < -0.3 is 9.64 Å². The molecule has 1 aromatic rings. The summed E-state index contributed by atoms with van der Waals surface area (Å²) in [6.45, 7) is 4.83. The van der Waals surface area contributed by atoms with E-state index in [1.807, 2.05) is 38.1 Å². The molecule has 1 saturated heterocycles. The van der Waals surface area contributed by atoms with E-state index in [0.717, 1.165) is 30.2 Å². The molecule has 0 bridgehead atoms. The number of rotatable bonds is 3. The number of benzene rings is 1. The molecule has 1 amide bonds. The Labute approximate surface area is 133 Å². The third-order valence-electron chi connectivity index (χ3n) is 5.18. The number of piperidine rings is 1. The Morgan fingerprint density at radius 2 is 2.00 bits per heavy atom. The molecule has 1 saturated carbocycles. The lowest BCUT2D eigenvalue weighted by molar-refractivity contribution is -0.144. The Morgan fingerprint density at radius 1 is 1.23 bits per heavy atom. The van der Waals surface area contributed by atoms with Gasteiger partial charge in [-0.1, -0.05) is 25.0 Å². The molecule has 1 aliphatic carbocycles. The molecule has 1 aliphatic heterocycles. The van der Waals surface area contributed by atoms with E-state index in [-0.39, 0.29) is 5.91 Å². The second-order valence-corrected chi connectivity index (χ2v) is 6.86. The molecule has 0 spiro atoms. The molecule has 2 fully saturated rings. The van der Waals surface area contributed by atoms with E-state index in [1.165, 1.54) is 32.1 Å². The predicted molar refractivity (Wildman–Crippen MR) is 88.0 cm³/mol. The normalized spacial score (nSPS) is 26.2. The third kappa shape index (κ3) is 3.29. The smallest absolute Gasteiger partial charge is 0.263 e. The monoisotopic (exact) mass is 301 g/mol. The summed E-state index contributed by atoms with van der Waals surface area (Å²) >= 11 is 0. The number of hydrogen-bond donors (Lipinski definition) is 0. The summed E-state index contributed by atoms with van der Waals surface area (Å²) in [4.78, 5) is 15.0. The van der Waals surface area contributed by atoms with Crippen LogP contribution in [-0.2, 0) is 4.79 Å². The molecular formula is C19H27NO2. The maximum absolute atomic E-state index is 12.8. The zero-order valence-electron chi connectivity index (χ0n) is 13.8. The molecule has 1 heterocycles. The molecule has 3 nitrogen and oxygen atoms in total. The number of ether oxygens (including phenoxy) is 1. The molecule has 0 N–H and O–H groups in total. The van der Waals surface area contributed by atoms with E-state index in [9.17, 15) is 4.79 Å². The van der Waals surface area contributed by atoms with Crippen LogP contribution in [0.1, 0.15) is 51.0 Å². The molecule has 22 heavy (non-hydrogen) atoms. The van der Waals surface area contributed by atoms with Gasteiger partial charge in [0, 0.05) is 12.6 Å². The van der Waals surface area contributed by atoms with Gasteiger partial charge in [-0.05, 0) is 63.1 Å². The van der Waals surface area contributed by atoms with E-state index in [2.05, 4.69) is 4.90 Å². The topological polar surface area (TPSA) is 29.5 Å². The van der Waals surface area contributed by atoms with Crippen LogP contribution in [0, 0.1) is 12.8 Å². The highest BCUT2D eigenvalue weighted by Crippen LogP contribution is 2.35. The summed E-state index contributed by atoms with van der Waals surface area (Å²) in [5.41, 5.74) is 1.16. The maximum Gasteiger partial charge on any atom is 0.263 e. The Kier molecular flexibility index (Phi) is 4.70. The van der Waals surface area contributed by atoms with Gasteiger partial charge in [-0.25, -0.2) is 0 Å². The van der Waals surface area contributed by atoms with Crippen LogP contribution in [0.5, 0.6) is 5.75 Å². The van der Waals surface area contributed by atoms with Crippen molar-refractivity contribution in [2.75, 3.05) is 6.54 Å². The second kappa shape index (κ2) is 6.72. The summed E-state index contributed by atoms with van der Waals surface area (Å²) in [6, 6.07) is 8.38. The Hall–Kier alpha value is -1.51. The van der Waals surface area contributed by atoms with E-state index in [0.29, 0.717) is 6.04 Å². The van der Waals surface area contributed by atoms with Crippen LogP contribution in [0.25, 0.3) is 0 Å². The second-order valence-electron chi connectivity index (χ2n) is 6.86. The first-order valence-electron chi connectivity index (χ1n) is 8.69. The van der Waals surface area contributed by atoms with Crippen molar-refractivity contribution in [3.8, 4) is 5.75 Å². The van der Waals surface area contributed by atoms with E-state index < -0.39 is 6.10 Å². The van der Waals surface area contributed by atoms with Crippen molar-refractivity contribution in [2.24, 2.45) is 5.92 Å². The van der Waals surface area contributed by atoms with Gasteiger partial charge in [0.2, 0.25) is 0 Å². The first-order chi connectivity index (χ1) is 10.6. The molecule has 3 heteroatoms. The molecule has 3 atom stereocenters. The quantitative estimate of drug-likeness (QED) is 0.846. The van der Waals surface area contributed by atoms with Crippen LogP contribution in [0.4, 0.5) is 0 Å². The SMILES string of the molecule is Cc1cccc(OC(C)C(=O)N2CCCC3CCCCC32)c1. The van der Waals surface area contributed by atoms with Crippen LogP contribution in [0.2, 0.25) is 0 Å². The van der Waals surface area contributed by atoms with E-state index in [1.54, 1.807) is 0 Å². The van der Waals surface area contributed by atoms with E-state index >= 15 is 0 Å². The number of carbonyl (C=O) groups is 1. The standard InChI is InChI=1S/C19H27NO2/c1-14-7-5-10-17(13-14)22-15(2)19(21)20-12-6-9-16-8-3-4-11-18(16)20/h5,7,10,13,15-16,18H,3-4,6,8-9,11-12H2,1-2H3. The summed E-state index contributed by atoms with van der Waals surface area (Å²) < 4.78 is 5.90. The number of hydrogen-bond acceptors (Lipinski definition) is 2. The Balaban J connectivity index is 1.66. The first-order valence-corrected chi connectivity index (χ1v) is 8.69. The number of carbonyl (C=O) groups excluding carboxylic acids is 1. The largest absolute Gasteiger partial charge is 0.481 e. The van der Waals surface area contributed by atoms with Crippen LogP contribution in [0.15, 0.2) is 24.3 Å². The summed E-state index contributed by atoms with van der Waals surface area (Å²) in [5, 5.41) is 0. The zero-order valence-corrected chi connectivity index (χ0v) is 13.8.